The van der Waals surface area contributed by atoms with Crippen molar-refractivity contribution in [2.75, 3.05) is 4.72 Å². The SMILES string of the molecule is Cc1ccc(S(=O)(=O)Nc2cccc(C(=O)O)c2O)cc1Cl. The minimum absolute atomic E-state index is 0.0942. The second kappa shape index (κ2) is 5.86. The van der Waals surface area contributed by atoms with E-state index >= 15 is 0 Å². The molecule has 2 aromatic rings. The first-order chi connectivity index (χ1) is 10.2. The average Bonchev–Trinajstić information content (AvgIpc) is 2.43. The van der Waals surface area contributed by atoms with Crippen LogP contribution in [-0.2, 0) is 10.0 Å². The highest BCUT2D eigenvalue weighted by molar-refractivity contribution is 7.92. The van der Waals surface area contributed by atoms with Gasteiger partial charge in [0.2, 0.25) is 0 Å². The molecular weight excluding hydrogens is 330 g/mol. The number of anilines is 1. The Morgan fingerprint density at radius 1 is 1.23 bits per heavy atom. The number of halogens is 1. The van der Waals surface area contributed by atoms with Crippen LogP contribution in [-0.4, -0.2) is 24.6 Å². The highest BCUT2D eigenvalue weighted by Crippen LogP contribution is 2.30. The van der Waals surface area contributed by atoms with Crippen LogP contribution in [0.2, 0.25) is 5.02 Å². The van der Waals surface area contributed by atoms with Gasteiger partial charge in [-0.15, -0.1) is 0 Å². The van der Waals surface area contributed by atoms with Crippen LogP contribution in [0.4, 0.5) is 5.69 Å². The molecule has 0 unspecified atom stereocenters. The van der Waals surface area contributed by atoms with Crippen LogP contribution in [0.15, 0.2) is 41.3 Å². The summed E-state index contributed by atoms with van der Waals surface area (Å²) in [6, 6.07) is 7.93. The van der Waals surface area contributed by atoms with Crippen molar-refractivity contribution < 1.29 is 23.4 Å². The van der Waals surface area contributed by atoms with E-state index in [-0.39, 0.29) is 15.6 Å². The molecule has 0 atom stereocenters. The molecule has 0 amide bonds. The zero-order chi connectivity index (χ0) is 16.5. The summed E-state index contributed by atoms with van der Waals surface area (Å²) in [4.78, 5) is 10.8. The number of aryl methyl sites for hydroxylation is 1. The maximum atomic E-state index is 12.3. The lowest BCUT2D eigenvalue weighted by atomic mass is 10.2. The van der Waals surface area contributed by atoms with Crippen molar-refractivity contribution in [3.63, 3.8) is 0 Å². The van der Waals surface area contributed by atoms with Crippen LogP contribution < -0.4 is 4.72 Å². The highest BCUT2D eigenvalue weighted by atomic mass is 35.5. The standard InChI is InChI=1S/C14H12ClNO5S/c1-8-5-6-9(7-11(8)15)22(20,21)16-12-4-2-3-10(13(12)17)14(18)19/h2-7,16-17H,1H3,(H,18,19). The molecule has 3 N–H and O–H groups in total. The topological polar surface area (TPSA) is 104 Å². The van der Waals surface area contributed by atoms with Crippen LogP contribution in [0.3, 0.4) is 0 Å². The van der Waals surface area contributed by atoms with Crippen molar-refractivity contribution in [1.29, 1.82) is 0 Å². The van der Waals surface area contributed by atoms with Gasteiger partial charge in [-0.1, -0.05) is 23.7 Å². The molecule has 0 fully saturated rings. The Morgan fingerprint density at radius 3 is 2.50 bits per heavy atom. The number of nitrogens with one attached hydrogen (secondary N) is 1. The Kier molecular flexibility index (Phi) is 4.30. The number of hydrogen-bond donors (Lipinski definition) is 3. The number of rotatable bonds is 4. The molecule has 2 aromatic carbocycles. The lowest BCUT2D eigenvalue weighted by Gasteiger charge is -2.11. The number of phenols is 1. The summed E-state index contributed by atoms with van der Waals surface area (Å²) >= 11 is 5.90. The van der Waals surface area contributed by atoms with E-state index in [0.29, 0.717) is 0 Å². The Labute approximate surface area is 132 Å². The number of carboxylic acids is 1. The summed E-state index contributed by atoms with van der Waals surface area (Å²) in [6.45, 7) is 1.73. The van der Waals surface area contributed by atoms with Crippen LogP contribution in [0.1, 0.15) is 15.9 Å². The Hall–Kier alpha value is -2.25. The fraction of sp³-hybridized carbons (Fsp3) is 0.0714. The first-order valence-corrected chi connectivity index (χ1v) is 7.93. The van der Waals surface area contributed by atoms with Crippen molar-refractivity contribution in [2.24, 2.45) is 0 Å². The molecule has 2 rings (SSSR count). The van der Waals surface area contributed by atoms with Gasteiger partial charge in [-0.3, -0.25) is 4.72 Å². The smallest absolute Gasteiger partial charge is 0.339 e. The molecule has 0 aliphatic rings. The number of benzene rings is 2. The van der Waals surface area contributed by atoms with Gasteiger partial charge >= 0.3 is 5.97 Å². The summed E-state index contributed by atoms with van der Waals surface area (Å²) in [5, 5.41) is 19.0. The molecule has 22 heavy (non-hydrogen) atoms. The molecule has 0 saturated heterocycles. The molecule has 0 saturated carbocycles. The van der Waals surface area contributed by atoms with Crippen LogP contribution in [0, 0.1) is 6.92 Å². The van der Waals surface area contributed by atoms with Gasteiger partial charge < -0.3 is 10.2 Å². The predicted molar refractivity (Wildman–Crippen MR) is 82.1 cm³/mol. The first-order valence-electron chi connectivity index (χ1n) is 6.06. The molecule has 0 heterocycles. The van der Waals surface area contributed by atoms with Gasteiger partial charge in [0.05, 0.1) is 10.6 Å². The molecule has 0 aliphatic heterocycles. The molecule has 8 heteroatoms. The molecule has 0 aromatic heterocycles. The van der Waals surface area contributed by atoms with Crippen molar-refractivity contribution in [3.8, 4) is 5.75 Å². The minimum Gasteiger partial charge on any atom is -0.505 e. The van der Waals surface area contributed by atoms with Gasteiger partial charge in [-0.25, -0.2) is 13.2 Å². The summed E-state index contributed by atoms with van der Waals surface area (Å²) in [5.41, 5.74) is 0.0927. The minimum atomic E-state index is -4.00. The van der Waals surface area contributed by atoms with E-state index in [1.165, 1.54) is 24.3 Å². The fourth-order valence-electron chi connectivity index (χ4n) is 1.74. The molecule has 6 nitrogen and oxygen atoms in total. The summed E-state index contributed by atoms with van der Waals surface area (Å²) < 4.78 is 26.7. The van der Waals surface area contributed by atoms with Crippen molar-refractivity contribution in [2.45, 2.75) is 11.8 Å². The van der Waals surface area contributed by atoms with E-state index in [2.05, 4.69) is 4.72 Å². The maximum Gasteiger partial charge on any atom is 0.339 e. The van der Waals surface area contributed by atoms with Crippen LogP contribution in [0.25, 0.3) is 0 Å². The van der Waals surface area contributed by atoms with Gasteiger partial charge in [0.25, 0.3) is 10.0 Å². The molecular formula is C14H12ClNO5S. The Morgan fingerprint density at radius 2 is 1.91 bits per heavy atom. The Bertz CT molecular complexity index is 848. The number of aromatic hydroxyl groups is 1. The zero-order valence-corrected chi connectivity index (χ0v) is 12.9. The fourth-order valence-corrected chi connectivity index (χ4v) is 3.08. The summed E-state index contributed by atoms with van der Waals surface area (Å²) in [5.74, 6) is -2.02. The number of aromatic carboxylic acids is 1. The number of hydrogen-bond acceptors (Lipinski definition) is 4. The van der Waals surface area contributed by atoms with Gasteiger partial charge in [-0.05, 0) is 36.8 Å². The second-order valence-electron chi connectivity index (χ2n) is 4.52. The number of para-hydroxylation sites is 1. The van der Waals surface area contributed by atoms with Gasteiger partial charge in [0.1, 0.15) is 5.56 Å². The maximum absolute atomic E-state index is 12.3. The lowest BCUT2D eigenvalue weighted by molar-refractivity contribution is 0.0694. The molecule has 0 spiro atoms. The third-order valence-corrected chi connectivity index (χ3v) is 4.73. The largest absolute Gasteiger partial charge is 0.505 e. The van der Waals surface area contributed by atoms with E-state index < -0.39 is 27.3 Å². The number of carbonyl (C=O) groups is 1. The van der Waals surface area contributed by atoms with Crippen molar-refractivity contribution >= 4 is 33.3 Å². The third-order valence-electron chi connectivity index (χ3n) is 2.96. The zero-order valence-electron chi connectivity index (χ0n) is 11.4. The van der Waals surface area contributed by atoms with Crippen LogP contribution >= 0.6 is 11.6 Å². The first kappa shape index (κ1) is 16.1. The van der Waals surface area contributed by atoms with Crippen LogP contribution in [0.5, 0.6) is 5.75 Å². The van der Waals surface area contributed by atoms with Gasteiger partial charge in [0, 0.05) is 5.02 Å². The molecule has 0 bridgehead atoms. The van der Waals surface area contributed by atoms with Gasteiger partial charge in [0.15, 0.2) is 5.75 Å². The van der Waals surface area contributed by atoms with E-state index in [1.807, 2.05) is 0 Å². The van der Waals surface area contributed by atoms with E-state index in [4.69, 9.17) is 16.7 Å². The third kappa shape index (κ3) is 3.15. The summed E-state index contributed by atoms with van der Waals surface area (Å²) in [7, 11) is -4.00. The van der Waals surface area contributed by atoms with Crippen molar-refractivity contribution in [3.05, 3.63) is 52.5 Å². The Balaban J connectivity index is 2.43. The van der Waals surface area contributed by atoms with E-state index in [0.717, 1.165) is 11.6 Å². The normalized spacial score (nSPS) is 11.2. The van der Waals surface area contributed by atoms with E-state index in [1.54, 1.807) is 13.0 Å². The molecule has 0 radical (unpaired) electrons. The highest BCUT2D eigenvalue weighted by Gasteiger charge is 2.20. The quantitative estimate of drug-likeness (QED) is 0.742. The number of sulfonamides is 1. The van der Waals surface area contributed by atoms with E-state index in [9.17, 15) is 18.3 Å². The van der Waals surface area contributed by atoms with Crippen molar-refractivity contribution in [1.82, 2.24) is 0 Å². The molecule has 0 aliphatic carbocycles. The summed E-state index contributed by atoms with van der Waals surface area (Å²) in [6.07, 6.45) is 0. The predicted octanol–water partition coefficient (Wildman–Crippen LogP) is 2.85. The van der Waals surface area contributed by atoms with Gasteiger partial charge in [-0.2, -0.15) is 0 Å². The number of carboxylic acid groups (broad SMARTS) is 1. The average molecular weight is 342 g/mol. The molecule has 116 valence electrons. The monoisotopic (exact) mass is 341 g/mol. The second-order valence-corrected chi connectivity index (χ2v) is 6.61. The lowest BCUT2D eigenvalue weighted by Crippen LogP contribution is -2.13.